The summed E-state index contributed by atoms with van der Waals surface area (Å²) in [6.45, 7) is 3.37. The lowest BCUT2D eigenvalue weighted by Crippen LogP contribution is -2.29. The molecule has 0 atom stereocenters. The minimum absolute atomic E-state index is 0.0547. The van der Waals surface area contributed by atoms with Gasteiger partial charge in [-0.15, -0.1) is 11.3 Å². The first kappa shape index (κ1) is 17.3. The van der Waals surface area contributed by atoms with Gasteiger partial charge in [0.1, 0.15) is 4.34 Å². The molecule has 3 rings (SSSR count). The van der Waals surface area contributed by atoms with Gasteiger partial charge in [-0.05, 0) is 37.5 Å². The van der Waals surface area contributed by atoms with E-state index in [0.29, 0.717) is 25.5 Å². The van der Waals surface area contributed by atoms with Gasteiger partial charge in [-0.2, -0.15) is 0 Å². The lowest BCUT2D eigenvalue weighted by Gasteiger charge is -2.19. The number of thiophene rings is 1. The van der Waals surface area contributed by atoms with Crippen LogP contribution in [0.15, 0.2) is 24.3 Å². The molecule has 24 heavy (non-hydrogen) atoms. The van der Waals surface area contributed by atoms with Crippen molar-refractivity contribution in [3.63, 3.8) is 0 Å². The van der Waals surface area contributed by atoms with Gasteiger partial charge in [0.2, 0.25) is 0 Å². The summed E-state index contributed by atoms with van der Waals surface area (Å²) in [6, 6.07) is 6.96. The van der Waals surface area contributed by atoms with Crippen LogP contribution < -0.4 is 5.32 Å². The Balaban J connectivity index is 1.91. The Bertz CT molecular complexity index is 798. The molecule has 1 aliphatic rings. The number of amides is 2. The van der Waals surface area contributed by atoms with Crippen LogP contribution in [0, 0.1) is 6.92 Å². The molecule has 126 valence electrons. The molecule has 0 aliphatic carbocycles. The van der Waals surface area contributed by atoms with Crippen molar-refractivity contribution < 1.29 is 9.59 Å². The van der Waals surface area contributed by atoms with Crippen LogP contribution in [0.2, 0.25) is 8.67 Å². The molecule has 2 heterocycles. The van der Waals surface area contributed by atoms with Crippen molar-refractivity contribution in [3.8, 4) is 0 Å². The van der Waals surface area contributed by atoms with Gasteiger partial charge in [-0.3, -0.25) is 9.59 Å². The monoisotopic (exact) mass is 382 g/mol. The molecule has 1 N–H and O–H groups in total. The normalized spacial score (nSPS) is 14.0. The Morgan fingerprint density at radius 3 is 2.50 bits per heavy atom. The second-order valence-electron chi connectivity index (χ2n) is 5.69. The number of hydrogen-bond donors (Lipinski definition) is 1. The molecule has 7 heteroatoms. The van der Waals surface area contributed by atoms with Gasteiger partial charge in [0.15, 0.2) is 0 Å². The molecule has 0 spiro atoms. The van der Waals surface area contributed by atoms with Gasteiger partial charge in [-0.25, -0.2) is 0 Å². The summed E-state index contributed by atoms with van der Waals surface area (Å²) < 4.78 is 0.779. The lowest BCUT2D eigenvalue weighted by molar-refractivity contribution is 0.0794. The first-order chi connectivity index (χ1) is 11.5. The highest BCUT2D eigenvalue weighted by atomic mass is 35.5. The molecule has 1 aliphatic heterocycles. The first-order valence-corrected chi connectivity index (χ1v) is 9.19. The predicted octanol–water partition coefficient (Wildman–Crippen LogP) is 4.85. The van der Waals surface area contributed by atoms with Gasteiger partial charge >= 0.3 is 0 Å². The summed E-state index contributed by atoms with van der Waals surface area (Å²) >= 11 is 13.1. The fourth-order valence-electron chi connectivity index (χ4n) is 2.78. The topological polar surface area (TPSA) is 49.4 Å². The summed E-state index contributed by atoms with van der Waals surface area (Å²) in [6.07, 6.45) is 2.03. The Labute approximate surface area is 154 Å². The zero-order chi connectivity index (χ0) is 17.3. The SMILES string of the molecule is Cc1cccc(C(=O)N2CCCC2)c1NC(=O)c1cc(Cl)sc1Cl. The molecule has 0 radical (unpaired) electrons. The minimum atomic E-state index is -0.368. The highest BCUT2D eigenvalue weighted by molar-refractivity contribution is 7.20. The summed E-state index contributed by atoms with van der Waals surface area (Å²) in [5.74, 6) is -0.422. The maximum atomic E-state index is 12.7. The Kier molecular flexibility index (Phi) is 5.13. The third-order valence-electron chi connectivity index (χ3n) is 4.04. The first-order valence-electron chi connectivity index (χ1n) is 7.62. The summed E-state index contributed by atoms with van der Waals surface area (Å²) in [5, 5.41) is 2.83. The van der Waals surface area contributed by atoms with Crippen LogP contribution in [-0.2, 0) is 0 Å². The summed E-state index contributed by atoms with van der Waals surface area (Å²) in [5.41, 5.74) is 2.17. The summed E-state index contributed by atoms with van der Waals surface area (Å²) in [4.78, 5) is 27.1. The van der Waals surface area contributed by atoms with Crippen molar-refractivity contribution in [2.24, 2.45) is 0 Å². The van der Waals surface area contributed by atoms with E-state index in [1.165, 1.54) is 6.07 Å². The van der Waals surface area contributed by atoms with Gasteiger partial charge in [0.25, 0.3) is 11.8 Å². The van der Waals surface area contributed by atoms with E-state index in [4.69, 9.17) is 23.2 Å². The van der Waals surface area contributed by atoms with E-state index in [-0.39, 0.29) is 11.8 Å². The number of rotatable bonds is 3. The molecule has 0 bridgehead atoms. The van der Waals surface area contributed by atoms with E-state index < -0.39 is 0 Å². The zero-order valence-corrected chi connectivity index (χ0v) is 15.4. The number of halogens is 2. The van der Waals surface area contributed by atoms with Crippen LogP contribution in [0.4, 0.5) is 5.69 Å². The third kappa shape index (κ3) is 3.43. The van der Waals surface area contributed by atoms with Crippen LogP contribution in [0.3, 0.4) is 0 Å². The zero-order valence-electron chi connectivity index (χ0n) is 13.1. The van der Waals surface area contributed by atoms with Crippen LogP contribution in [0.1, 0.15) is 39.1 Å². The van der Waals surface area contributed by atoms with Crippen LogP contribution >= 0.6 is 34.5 Å². The standard InChI is InChI=1S/C17H16Cl2N2O2S/c1-10-5-4-6-11(17(23)21-7-2-3-8-21)14(10)20-16(22)12-9-13(18)24-15(12)19/h4-6,9H,2-3,7-8H2,1H3,(H,20,22). The fraction of sp³-hybridized carbons (Fsp3) is 0.294. The lowest BCUT2D eigenvalue weighted by atomic mass is 10.1. The molecule has 0 unspecified atom stereocenters. The number of para-hydroxylation sites is 1. The van der Waals surface area contributed by atoms with E-state index in [0.717, 1.165) is 42.8 Å². The Morgan fingerprint density at radius 2 is 1.88 bits per heavy atom. The van der Waals surface area contributed by atoms with E-state index in [1.807, 2.05) is 24.0 Å². The van der Waals surface area contributed by atoms with Gasteiger partial charge in [0.05, 0.1) is 21.2 Å². The largest absolute Gasteiger partial charge is 0.339 e. The second kappa shape index (κ2) is 7.13. The number of nitrogens with zero attached hydrogens (tertiary/aromatic N) is 1. The van der Waals surface area contributed by atoms with Crippen molar-refractivity contribution in [2.75, 3.05) is 18.4 Å². The van der Waals surface area contributed by atoms with Crippen molar-refractivity contribution in [3.05, 3.63) is 49.6 Å². The fourth-order valence-corrected chi connectivity index (χ4v) is 4.24. The average molecular weight is 383 g/mol. The number of carbonyl (C=O) groups is 2. The molecular weight excluding hydrogens is 367 g/mol. The molecule has 1 aromatic heterocycles. The molecule has 2 amide bonds. The molecule has 2 aromatic rings. The van der Waals surface area contributed by atoms with Crippen LogP contribution in [0.25, 0.3) is 0 Å². The molecule has 0 saturated carbocycles. The van der Waals surface area contributed by atoms with Gasteiger partial charge in [-0.1, -0.05) is 35.3 Å². The van der Waals surface area contributed by atoms with E-state index in [9.17, 15) is 9.59 Å². The number of likely N-dealkylation sites (tertiary alicyclic amines) is 1. The number of hydrogen-bond acceptors (Lipinski definition) is 3. The summed E-state index contributed by atoms with van der Waals surface area (Å²) in [7, 11) is 0. The number of aryl methyl sites for hydroxylation is 1. The van der Waals surface area contributed by atoms with Gasteiger partial charge in [0, 0.05) is 13.1 Å². The Morgan fingerprint density at radius 1 is 1.17 bits per heavy atom. The number of benzene rings is 1. The van der Waals surface area contributed by atoms with Crippen molar-refractivity contribution in [2.45, 2.75) is 19.8 Å². The minimum Gasteiger partial charge on any atom is -0.339 e. The van der Waals surface area contributed by atoms with Crippen LogP contribution in [0.5, 0.6) is 0 Å². The number of anilines is 1. The third-order valence-corrected chi connectivity index (χ3v) is 5.52. The quantitative estimate of drug-likeness (QED) is 0.824. The number of nitrogens with one attached hydrogen (secondary N) is 1. The van der Waals surface area contributed by atoms with E-state index >= 15 is 0 Å². The number of carbonyl (C=O) groups excluding carboxylic acids is 2. The van der Waals surface area contributed by atoms with Crippen molar-refractivity contribution in [1.29, 1.82) is 0 Å². The highest BCUT2D eigenvalue weighted by Crippen LogP contribution is 2.32. The predicted molar refractivity (Wildman–Crippen MR) is 98.6 cm³/mol. The molecule has 1 aromatic carbocycles. The van der Waals surface area contributed by atoms with E-state index in [1.54, 1.807) is 6.07 Å². The van der Waals surface area contributed by atoms with Gasteiger partial charge < -0.3 is 10.2 Å². The maximum absolute atomic E-state index is 12.7. The molecular formula is C17H16Cl2N2O2S. The van der Waals surface area contributed by atoms with Crippen LogP contribution in [-0.4, -0.2) is 29.8 Å². The van der Waals surface area contributed by atoms with Crippen molar-refractivity contribution in [1.82, 2.24) is 4.90 Å². The molecule has 4 nitrogen and oxygen atoms in total. The smallest absolute Gasteiger partial charge is 0.258 e. The molecule has 1 saturated heterocycles. The van der Waals surface area contributed by atoms with Crippen molar-refractivity contribution >= 4 is 52.0 Å². The van der Waals surface area contributed by atoms with E-state index in [2.05, 4.69) is 5.32 Å². The Hall–Kier alpha value is -1.56. The second-order valence-corrected chi connectivity index (χ2v) is 7.97. The average Bonchev–Trinajstić information content (AvgIpc) is 3.18. The highest BCUT2D eigenvalue weighted by Gasteiger charge is 2.24. The maximum Gasteiger partial charge on any atom is 0.258 e. The molecule has 1 fully saturated rings.